The lowest BCUT2D eigenvalue weighted by Crippen LogP contribution is -1.89. The van der Waals surface area contributed by atoms with Gasteiger partial charge in [-0.25, -0.2) is 0 Å². The number of allylic oxidation sites excluding steroid dienone is 8. The van der Waals surface area contributed by atoms with E-state index in [2.05, 4.69) is 80.8 Å². The van der Waals surface area contributed by atoms with Crippen molar-refractivity contribution >= 4 is 11.1 Å². The first-order valence-corrected chi connectivity index (χ1v) is 8.76. The molecule has 1 aliphatic carbocycles. The van der Waals surface area contributed by atoms with E-state index in [0.29, 0.717) is 0 Å². The maximum atomic E-state index is 3.93. The second-order valence-corrected chi connectivity index (χ2v) is 6.37. The molecule has 0 radical (unpaired) electrons. The zero-order valence-electron chi connectivity index (χ0n) is 14.8. The van der Waals surface area contributed by atoms with E-state index < -0.39 is 0 Å². The van der Waals surface area contributed by atoms with Crippen LogP contribution in [-0.4, -0.2) is 0 Å². The van der Waals surface area contributed by atoms with Gasteiger partial charge in [-0.2, -0.15) is 0 Å². The van der Waals surface area contributed by atoms with E-state index in [1.807, 2.05) is 18.2 Å². The van der Waals surface area contributed by atoms with Gasteiger partial charge < -0.3 is 0 Å². The molecule has 3 rings (SSSR count). The van der Waals surface area contributed by atoms with Gasteiger partial charge >= 0.3 is 0 Å². The van der Waals surface area contributed by atoms with Gasteiger partial charge in [0.2, 0.25) is 0 Å². The molecule has 25 heavy (non-hydrogen) atoms. The average Bonchev–Trinajstić information content (AvgIpc) is 2.66. The Hall–Kier alpha value is -2.86. The molecular formula is C25H24. The van der Waals surface area contributed by atoms with Crippen LogP contribution in [0.3, 0.4) is 0 Å². The monoisotopic (exact) mass is 324 g/mol. The standard InChI is InChI=1S/C25H24/c1-4-10-20(5-2)24-15-19(3)16-25(18-24)23-14-9-13-22(17-23)21-11-7-6-8-12-21/h4-5,7,9-18H,1-2,6,8H2,3H3/b20-10+. The predicted molar refractivity (Wildman–Crippen MR) is 111 cm³/mol. The minimum atomic E-state index is 1.09. The first-order chi connectivity index (χ1) is 12.2. The Morgan fingerprint density at radius 1 is 0.960 bits per heavy atom. The Morgan fingerprint density at radius 3 is 2.52 bits per heavy atom. The fraction of sp³-hybridized carbons (Fsp3) is 0.120. The summed E-state index contributed by atoms with van der Waals surface area (Å²) in [6.07, 6.45) is 14.8. The molecule has 0 aliphatic heterocycles. The van der Waals surface area contributed by atoms with Crippen LogP contribution in [0, 0.1) is 6.92 Å². The van der Waals surface area contributed by atoms with Crippen molar-refractivity contribution in [2.75, 3.05) is 0 Å². The highest BCUT2D eigenvalue weighted by atomic mass is 14.1. The quantitative estimate of drug-likeness (QED) is 0.512. The third-order valence-electron chi connectivity index (χ3n) is 4.45. The van der Waals surface area contributed by atoms with Crippen LogP contribution in [0.25, 0.3) is 22.3 Å². The molecule has 2 aromatic rings. The van der Waals surface area contributed by atoms with E-state index in [9.17, 15) is 0 Å². The van der Waals surface area contributed by atoms with E-state index >= 15 is 0 Å². The lowest BCUT2D eigenvalue weighted by molar-refractivity contribution is 1.04. The lowest BCUT2D eigenvalue weighted by Gasteiger charge is -2.12. The van der Waals surface area contributed by atoms with Crippen LogP contribution in [0.2, 0.25) is 0 Å². The van der Waals surface area contributed by atoms with E-state index in [0.717, 1.165) is 18.4 Å². The van der Waals surface area contributed by atoms with Gasteiger partial charge in [0.15, 0.2) is 0 Å². The van der Waals surface area contributed by atoms with Crippen molar-refractivity contribution in [1.29, 1.82) is 0 Å². The minimum absolute atomic E-state index is 1.09. The van der Waals surface area contributed by atoms with Crippen molar-refractivity contribution in [1.82, 2.24) is 0 Å². The highest BCUT2D eigenvalue weighted by molar-refractivity contribution is 5.81. The predicted octanol–water partition coefficient (Wildman–Crippen LogP) is 7.15. The number of aryl methyl sites for hydroxylation is 1. The maximum Gasteiger partial charge on any atom is -0.0175 e. The molecule has 0 heterocycles. The molecule has 0 bridgehead atoms. The van der Waals surface area contributed by atoms with E-state index in [1.54, 1.807) is 0 Å². The molecule has 0 spiro atoms. The minimum Gasteiger partial charge on any atom is -0.0990 e. The number of benzene rings is 2. The van der Waals surface area contributed by atoms with Gasteiger partial charge in [-0.05, 0) is 70.9 Å². The van der Waals surface area contributed by atoms with Crippen LogP contribution >= 0.6 is 0 Å². The molecule has 1 aliphatic rings. The van der Waals surface area contributed by atoms with Crippen molar-refractivity contribution in [2.24, 2.45) is 0 Å². The summed E-state index contributed by atoms with van der Waals surface area (Å²) in [4.78, 5) is 0. The van der Waals surface area contributed by atoms with Crippen LogP contribution in [0.5, 0.6) is 0 Å². The number of hydrogen-bond acceptors (Lipinski definition) is 0. The van der Waals surface area contributed by atoms with Crippen molar-refractivity contribution in [3.8, 4) is 11.1 Å². The molecule has 0 saturated heterocycles. The first-order valence-electron chi connectivity index (χ1n) is 8.76. The third kappa shape index (κ3) is 3.97. The summed E-state index contributed by atoms with van der Waals surface area (Å²) in [7, 11) is 0. The van der Waals surface area contributed by atoms with E-state index in [-0.39, 0.29) is 0 Å². The lowest BCUT2D eigenvalue weighted by atomic mass is 9.93. The Labute approximate surface area is 151 Å². The van der Waals surface area contributed by atoms with Crippen molar-refractivity contribution < 1.29 is 0 Å². The topological polar surface area (TPSA) is 0 Å². The summed E-state index contributed by atoms with van der Waals surface area (Å²) in [6, 6.07) is 15.5. The number of hydrogen-bond donors (Lipinski definition) is 0. The summed E-state index contributed by atoms with van der Waals surface area (Å²) in [5.41, 5.74) is 8.58. The van der Waals surface area contributed by atoms with Crippen LogP contribution < -0.4 is 0 Å². The van der Waals surface area contributed by atoms with Gasteiger partial charge in [0.25, 0.3) is 0 Å². The second kappa shape index (κ2) is 7.81. The molecule has 0 amide bonds. The smallest absolute Gasteiger partial charge is 0.0175 e. The summed E-state index contributed by atoms with van der Waals surface area (Å²) < 4.78 is 0. The van der Waals surface area contributed by atoms with Gasteiger partial charge in [-0.1, -0.05) is 79.9 Å². The van der Waals surface area contributed by atoms with Gasteiger partial charge in [0.05, 0.1) is 0 Å². The van der Waals surface area contributed by atoms with Crippen LogP contribution in [-0.2, 0) is 0 Å². The Bertz CT molecular complexity index is 888. The SMILES string of the molecule is C=C/C=C(\C=C)c1cc(C)cc(-c2cccc(C3=CCCC=C3)c2)c1. The Kier molecular flexibility index (Phi) is 5.30. The molecule has 2 aromatic carbocycles. The maximum absolute atomic E-state index is 3.93. The largest absolute Gasteiger partial charge is 0.0990 e. The Morgan fingerprint density at radius 2 is 1.80 bits per heavy atom. The number of rotatable bonds is 5. The second-order valence-electron chi connectivity index (χ2n) is 6.37. The molecule has 0 saturated carbocycles. The highest BCUT2D eigenvalue weighted by Gasteiger charge is 2.07. The molecule has 0 heteroatoms. The van der Waals surface area contributed by atoms with E-state index in [1.165, 1.54) is 33.4 Å². The molecule has 124 valence electrons. The van der Waals surface area contributed by atoms with E-state index in [4.69, 9.17) is 0 Å². The van der Waals surface area contributed by atoms with Crippen LogP contribution in [0.15, 0.2) is 92.1 Å². The van der Waals surface area contributed by atoms with Crippen molar-refractivity contribution in [3.63, 3.8) is 0 Å². The van der Waals surface area contributed by atoms with Crippen molar-refractivity contribution in [3.05, 3.63) is 109 Å². The summed E-state index contributed by atoms with van der Waals surface area (Å²) in [6.45, 7) is 9.87. The molecule has 0 unspecified atom stereocenters. The fourth-order valence-electron chi connectivity index (χ4n) is 3.23. The summed E-state index contributed by atoms with van der Waals surface area (Å²) in [5.74, 6) is 0. The van der Waals surface area contributed by atoms with Crippen LogP contribution in [0.4, 0.5) is 0 Å². The zero-order valence-corrected chi connectivity index (χ0v) is 14.8. The first kappa shape index (κ1) is 17.0. The third-order valence-corrected chi connectivity index (χ3v) is 4.45. The van der Waals surface area contributed by atoms with Gasteiger partial charge in [0, 0.05) is 0 Å². The highest BCUT2D eigenvalue weighted by Crippen LogP contribution is 2.29. The molecule has 0 nitrogen and oxygen atoms in total. The zero-order chi connectivity index (χ0) is 17.6. The van der Waals surface area contributed by atoms with Gasteiger partial charge in [-0.3, -0.25) is 0 Å². The Balaban J connectivity index is 2.05. The van der Waals surface area contributed by atoms with Crippen LogP contribution in [0.1, 0.15) is 29.5 Å². The molecule has 0 aromatic heterocycles. The normalized spacial score (nSPS) is 14.1. The summed E-state index contributed by atoms with van der Waals surface area (Å²) >= 11 is 0. The van der Waals surface area contributed by atoms with Gasteiger partial charge in [-0.15, -0.1) is 0 Å². The van der Waals surface area contributed by atoms with Crippen molar-refractivity contribution in [2.45, 2.75) is 19.8 Å². The summed E-state index contributed by atoms with van der Waals surface area (Å²) in [5, 5.41) is 0. The fourth-order valence-corrected chi connectivity index (χ4v) is 3.23. The molecular weight excluding hydrogens is 300 g/mol. The molecule has 0 N–H and O–H groups in total. The van der Waals surface area contributed by atoms with Gasteiger partial charge in [0.1, 0.15) is 0 Å². The molecule has 0 fully saturated rings. The average molecular weight is 324 g/mol. The molecule has 0 atom stereocenters.